The monoisotopic (exact) mass is 181 g/mol. The third-order valence-electron chi connectivity index (χ3n) is 2.52. The lowest BCUT2D eigenvalue weighted by molar-refractivity contribution is 0.421. The van der Waals surface area contributed by atoms with E-state index in [4.69, 9.17) is 0 Å². The number of halogens is 1. The largest absolute Gasteiger partial charge is 0.505 e. The second-order valence-electron chi connectivity index (χ2n) is 3.37. The fourth-order valence-electron chi connectivity index (χ4n) is 1.78. The van der Waals surface area contributed by atoms with Gasteiger partial charge in [-0.1, -0.05) is 12.1 Å². The zero-order valence-electron chi connectivity index (χ0n) is 7.26. The van der Waals surface area contributed by atoms with Crippen molar-refractivity contribution in [2.24, 2.45) is 0 Å². The van der Waals surface area contributed by atoms with E-state index in [1.165, 1.54) is 6.07 Å². The Hall–Kier alpha value is -1.09. The SMILES string of the molecule is Oc1c(F)cccc1[C@H]1CCNC1. The molecule has 2 N–H and O–H groups in total. The van der Waals surface area contributed by atoms with Gasteiger partial charge in [-0.05, 0) is 19.0 Å². The minimum Gasteiger partial charge on any atom is -0.505 e. The van der Waals surface area contributed by atoms with Gasteiger partial charge in [-0.3, -0.25) is 0 Å². The number of hydrogen-bond acceptors (Lipinski definition) is 2. The normalized spacial score (nSPS) is 22.1. The first-order chi connectivity index (χ1) is 6.29. The zero-order chi connectivity index (χ0) is 9.26. The molecule has 70 valence electrons. The van der Waals surface area contributed by atoms with E-state index in [0.717, 1.165) is 25.1 Å². The van der Waals surface area contributed by atoms with E-state index < -0.39 is 5.82 Å². The number of phenolic OH excluding ortho intramolecular Hbond substituents is 1. The van der Waals surface area contributed by atoms with Gasteiger partial charge in [-0.25, -0.2) is 4.39 Å². The summed E-state index contributed by atoms with van der Waals surface area (Å²) >= 11 is 0. The molecule has 2 nitrogen and oxygen atoms in total. The Morgan fingerprint density at radius 2 is 2.31 bits per heavy atom. The fourth-order valence-corrected chi connectivity index (χ4v) is 1.78. The first-order valence-electron chi connectivity index (χ1n) is 4.47. The van der Waals surface area contributed by atoms with Crippen LogP contribution in [0.5, 0.6) is 5.75 Å². The summed E-state index contributed by atoms with van der Waals surface area (Å²) in [5.74, 6) is -0.448. The van der Waals surface area contributed by atoms with Gasteiger partial charge in [0.25, 0.3) is 0 Å². The topological polar surface area (TPSA) is 32.3 Å². The summed E-state index contributed by atoms with van der Waals surface area (Å²) in [7, 11) is 0. The lowest BCUT2D eigenvalue weighted by Crippen LogP contribution is -2.08. The molecule has 0 amide bonds. The van der Waals surface area contributed by atoms with Crippen molar-refractivity contribution in [3.05, 3.63) is 29.6 Å². The molecule has 1 aromatic carbocycles. The molecule has 1 atom stereocenters. The van der Waals surface area contributed by atoms with Crippen molar-refractivity contribution in [3.8, 4) is 5.75 Å². The van der Waals surface area contributed by atoms with Gasteiger partial charge < -0.3 is 10.4 Å². The van der Waals surface area contributed by atoms with Gasteiger partial charge in [0.2, 0.25) is 0 Å². The molecule has 3 heteroatoms. The van der Waals surface area contributed by atoms with E-state index in [0.29, 0.717) is 0 Å². The van der Waals surface area contributed by atoms with Crippen molar-refractivity contribution in [1.82, 2.24) is 5.32 Å². The third-order valence-corrected chi connectivity index (χ3v) is 2.52. The number of benzene rings is 1. The van der Waals surface area contributed by atoms with Crippen LogP contribution in [-0.2, 0) is 0 Å². The van der Waals surface area contributed by atoms with Crippen molar-refractivity contribution in [2.75, 3.05) is 13.1 Å². The fraction of sp³-hybridized carbons (Fsp3) is 0.400. The lowest BCUT2D eigenvalue weighted by atomic mass is 9.97. The van der Waals surface area contributed by atoms with E-state index in [1.54, 1.807) is 12.1 Å². The minimum absolute atomic E-state index is 0.184. The van der Waals surface area contributed by atoms with Crippen molar-refractivity contribution in [3.63, 3.8) is 0 Å². The smallest absolute Gasteiger partial charge is 0.165 e. The Balaban J connectivity index is 2.33. The van der Waals surface area contributed by atoms with Crippen LogP contribution in [0.15, 0.2) is 18.2 Å². The van der Waals surface area contributed by atoms with Crippen LogP contribution < -0.4 is 5.32 Å². The first-order valence-corrected chi connectivity index (χ1v) is 4.47. The number of rotatable bonds is 1. The molecule has 0 unspecified atom stereocenters. The Bertz CT molecular complexity index is 308. The van der Waals surface area contributed by atoms with Crippen LogP contribution in [0.4, 0.5) is 4.39 Å². The molecular formula is C10H12FNO. The van der Waals surface area contributed by atoms with Crippen LogP contribution in [-0.4, -0.2) is 18.2 Å². The van der Waals surface area contributed by atoms with Gasteiger partial charge in [0.05, 0.1) is 0 Å². The molecule has 1 saturated heterocycles. The van der Waals surface area contributed by atoms with Crippen LogP contribution in [0.25, 0.3) is 0 Å². The highest BCUT2D eigenvalue weighted by molar-refractivity contribution is 5.37. The maximum atomic E-state index is 13.0. The van der Waals surface area contributed by atoms with Crippen molar-refractivity contribution < 1.29 is 9.50 Å². The van der Waals surface area contributed by atoms with Crippen molar-refractivity contribution >= 4 is 0 Å². The molecule has 0 spiro atoms. The minimum atomic E-state index is -0.524. The predicted octanol–water partition coefficient (Wildman–Crippen LogP) is 1.61. The van der Waals surface area contributed by atoms with Crippen LogP contribution in [0.3, 0.4) is 0 Å². The zero-order valence-corrected chi connectivity index (χ0v) is 7.26. The number of nitrogens with one attached hydrogen (secondary N) is 1. The van der Waals surface area contributed by atoms with Crippen molar-refractivity contribution in [1.29, 1.82) is 0 Å². The van der Waals surface area contributed by atoms with E-state index in [9.17, 15) is 9.50 Å². The Morgan fingerprint density at radius 3 is 3.00 bits per heavy atom. The van der Waals surface area contributed by atoms with E-state index in [2.05, 4.69) is 5.32 Å². The number of hydrogen-bond donors (Lipinski definition) is 2. The third kappa shape index (κ3) is 1.52. The van der Waals surface area contributed by atoms with Crippen LogP contribution in [0.2, 0.25) is 0 Å². The van der Waals surface area contributed by atoms with Crippen LogP contribution >= 0.6 is 0 Å². The highest BCUT2D eigenvalue weighted by Gasteiger charge is 2.20. The summed E-state index contributed by atoms with van der Waals surface area (Å²) < 4.78 is 13.0. The van der Waals surface area contributed by atoms with Gasteiger partial charge in [0.15, 0.2) is 11.6 Å². The quantitative estimate of drug-likeness (QED) is 0.689. The summed E-state index contributed by atoms with van der Waals surface area (Å²) in [6.45, 7) is 1.78. The number of phenols is 1. The van der Waals surface area contributed by atoms with Gasteiger partial charge in [-0.15, -0.1) is 0 Å². The Kier molecular flexibility index (Phi) is 2.19. The van der Waals surface area contributed by atoms with Crippen molar-refractivity contribution in [2.45, 2.75) is 12.3 Å². The molecule has 1 aromatic rings. The van der Waals surface area contributed by atoms with Gasteiger partial charge in [-0.2, -0.15) is 0 Å². The molecule has 0 aromatic heterocycles. The molecule has 0 saturated carbocycles. The summed E-state index contributed by atoms with van der Waals surface area (Å²) in [6.07, 6.45) is 0.969. The second kappa shape index (κ2) is 3.34. The molecule has 2 rings (SSSR count). The average Bonchev–Trinajstić information content (AvgIpc) is 2.62. The molecule has 1 fully saturated rings. The van der Waals surface area contributed by atoms with E-state index in [1.807, 2.05) is 0 Å². The molecule has 0 bridgehead atoms. The van der Waals surface area contributed by atoms with Gasteiger partial charge in [0, 0.05) is 18.0 Å². The first kappa shape index (κ1) is 8.51. The second-order valence-corrected chi connectivity index (χ2v) is 3.37. The summed E-state index contributed by atoms with van der Waals surface area (Å²) in [5, 5.41) is 12.6. The Morgan fingerprint density at radius 1 is 1.46 bits per heavy atom. The number of para-hydroxylation sites is 1. The summed E-state index contributed by atoms with van der Waals surface area (Å²) in [6, 6.07) is 4.71. The molecule has 1 heterocycles. The van der Waals surface area contributed by atoms with E-state index >= 15 is 0 Å². The van der Waals surface area contributed by atoms with Crippen LogP contribution in [0, 0.1) is 5.82 Å². The Labute approximate surface area is 76.4 Å². The lowest BCUT2D eigenvalue weighted by Gasteiger charge is -2.10. The standard InChI is InChI=1S/C10H12FNO/c11-9-3-1-2-8(10(9)13)7-4-5-12-6-7/h1-3,7,12-13H,4-6H2/t7-/m0/s1. The van der Waals surface area contributed by atoms with Gasteiger partial charge >= 0.3 is 0 Å². The highest BCUT2D eigenvalue weighted by Crippen LogP contribution is 2.31. The summed E-state index contributed by atoms with van der Waals surface area (Å²) in [4.78, 5) is 0. The molecule has 0 radical (unpaired) electrons. The molecular weight excluding hydrogens is 169 g/mol. The van der Waals surface area contributed by atoms with Gasteiger partial charge in [0.1, 0.15) is 0 Å². The molecule has 1 aliphatic heterocycles. The average molecular weight is 181 g/mol. The molecule has 13 heavy (non-hydrogen) atoms. The summed E-state index contributed by atoms with van der Waals surface area (Å²) in [5.41, 5.74) is 0.727. The molecule has 1 aliphatic rings. The van der Waals surface area contributed by atoms with E-state index in [-0.39, 0.29) is 11.7 Å². The predicted molar refractivity (Wildman–Crippen MR) is 48.3 cm³/mol. The maximum absolute atomic E-state index is 13.0. The number of aromatic hydroxyl groups is 1. The highest BCUT2D eigenvalue weighted by atomic mass is 19.1. The maximum Gasteiger partial charge on any atom is 0.165 e. The van der Waals surface area contributed by atoms with Crippen LogP contribution in [0.1, 0.15) is 17.9 Å². The molecule has 0 aliphatic carbocycles.